The van der Waals surface area contributed by atoms with E-state index < -0.39 is 6.09 Å². The number of nitrogens with one attached hydrogen (secondary N) is 2. The fraction of sp³-hybridized carbons (Fsp3) is 0.667. The zero-order chi connectivity index (χ0) is 15.4. The van der Waals surface area contributed by atoms with Crippen molar-refractivity contribution in [3.05, 3.63) is 22.3 Å². The van der Waals surface area contributed by atoms with Gasteiger partial charge in [0, 0.05) is 29.9 Å². The standard InChI is InChI=1S/C15H22BrN3O2/c1-8-5-6-10(16)13-11(8)12-9(2)7-18-15(12,3)19(13)21-14(20)17-4/h5-6,8-9,11-12,18H,7H2,1-4H3,(H,17,20). The van der Waals surface area contributed by atoms with E-state index >= 15 is 0 Å². The van der Waals surface area contributed by atoms with Crippen LogP contribution in [0.5, 0.6) is 0 Å². The van der Waals surface area contributed by atoms with Gasteiger partial charge in [-0.15, -0.1) is 0 Å². The molecule has 3 rings (SSSR count). The van der Waals surface area contributed by atoms with E-state index in [2.05, 4.69) is 59.5 Å². The zero-order valence-electron chi connectivity index (χ0n) is 12.8. The summed E-state index contributed by atoms with van der Waals surface area (Å²) in [6, 6.07) is 0. The number of amides is 1. The molecular weight excluding hydrogens is 334 g/mol. The van der Waals surface area contributed by atoms with Crippen LogP contribution in [0.2, 0.25) is 0 Å². The molecule has 5 atom stereocenters. The summed E-state index contributed by atoms with van der Waals surface area (Å²) >= 11 is 3.64. The molecule has 2 N–H and O–H groups in total. The number of allylic oxidation sites excluding steroid dienone is 4. The quantitative estimate of drug-likeness (QED) is 0.758. The lowest BCUT2D eigenvalue weighted by Gasteiger charge is -2.35. The van der Waals surface area contributed by atoms with Crippen LogP contribution in [0.1, 0.15) is 20.8 Å². The van der Waals surface area contributed by atoms with E-state index in [0.29, 0.717) is 23.7 Å². The molecular formula is C15H22BrN3O2. The van der Waals surface area contributed by atoms with Crippen molar-refractivity contribution in [2.75, 3.05) is 13.6 Å². The molecule has 1 amide bonds. The van der Waals surface area contributed by atoms with Crippen molar-refractivity contribution in [2.24, 2.45) is 23.7 Å². The lowest BCUT2D eigenvalue weighted by molar-refractivity contribution is -0.137. The Morgan fingerprint density at radius 1 is 1.57 bits per heavy atom. The van der Waals surface area contributed by atoms with Crippen molar-refractivity contribution in [1.29, 1.82) is 0 Å². The molecule has 2 aliphatic heterocycles. The third-order valence-electron chi connectivity index (χ3n) is 5.12. The number of hydroxylamine groups is 2. The van der Waals surface area contributed by atoms with Gasteiger partial charge >= 0.3 is 6.09 Å². The first-order chi connectivity index (χ1) is 9.90. The Morgan fingerprint density at radius 3 is 2.95 bits per heavy atom. The predicted molar refractivity (Wildman–Crippen MR) is 84.2 cm³/mol. The molecule has 0 aromatic heterocycles. The topological polar surface area (TPSA) is 53.6 Å². The van der Waals surface area contributed by atoms with E-state index in [1.165, 1.54) is 0 Å². The average Bonchev–Trinajstić information content (AvgIpc) is 2.88. The van der Waals surface area contributed by atoms with Crippen LogP contribution in [0, 0.1) is 23.7 Å². The Balaban J connectivity index is 2.08. The summed E-state index contributed by atoms with van der Waals surface area (Å²) in [5.41, 5.74) is 0.714. The molecule has 5 unspecified atom stereocenters. The summed E-state index contributed by atoms with van der Waals surface area (Å²) in [7, 11) is 1.58. The third kappa shape index (κ3) is 2.03. The smallest absolute Gasteiger partial charge is 0.323 e. The van der Waals surface area contributed by atoms with Crippen LogP contribution >= 0.6 is 15.9 Å². The Labute approximate surface area is 133 Å². The first-order valence-corrected chi connectivity index (χ1v) is 8.22. The molecule has 6 heteroatoms. The Kier molecular flexibility index (Phi) is 3.56. The molecule has 1 aliphatic carbocycles. The summed E-state index contributed by atoms with van der Waals surface area (Å²) < 4.78 is 0.999. The number of halogens is 1. The Hall–Kier alpha value is -1.01. The minimum atomic E-state index is -0.438. The van der Waals surface area contributed by atoms with E-state index in [4.69, 9.17) is 4.84 Å². The molecule has 0 radical (unpaired) electrons. The van der Waals surface area contributed by atoms with Gasteiger partial charge in [-0.2, -0.15) is 5.06 Å². The number of carbonyl (C=O) groups excluding carboxylic acids is 1. The summed E-state index contributed by atoms with van der Waals surface area (Å²) in [6.45, 7) is 7.56. The second-order valence-corrected chi connectivity index (χ2v) is 7.29. The first kappa shape index (κ1) is 14.9. The average molecular weight is 356 g/mol. The van der Waals surface area contributed by atoms with Gasteiger partial charge in [0.1, 0.15) is 5.66 Å². The van der Waals surface area contributed by atoms with Crippen LogP contribution in [-0.4, -0.2) is 30.4 Å². The van der Waals surface area contributed by atoms with Gasteiger partial charge in [0.2, 0.25) is 0 Å². The van der Waals surface area contributed by atoms with E-state index in [1.54, 1.807) is 12.1 Å². The number of hydrogen-bond donors (Lipinski definition) is 2. The SMILES string of the molecule is CNC(=O)ON1C2=C(Br)C=CC(C)C2C2C(C)CNC21C. The lowest BCUT2D eigenvalue weighted by atomic mass is 9.73. The van der Waals surface area contributed by atoms with Crippen molar-refractivity contribution in [3.63, 3.8) is 0 Å². The molecule has 0 spiro atoms. The lowest BCUT2D eigenvalue weighted by Crippen LogP contribution is -2.53. The highest BCUT2D eigenvalue weighted by molar-refractivity contribution is 9.11. The Morgan fingerprint density at radius 2 is 2.29 bits per heavy atom. The summed E-state index contributed by atoms with van der Waals surface area (Å²) in [5.74, 6) is 1.71. The summed E-state index contributed by atoms with van der Waals surface area (Å²) in [5, 5.41) is 7.88. The highest BCUT2D eigenvalue weighted by Crippen LogP contribution is 2.56. The largest absolute Gasteiger partial charge is 0.431 e. The van der Waals surface area contributed by atoms with Crippen LogP contribution in [0.3, 0.4) is 0 Å². The van der Waals surface area contributed by atoms with Gasteiger partial charge in [-0.25, -0.2) is 4.79 Å². The van der Waals surface area contributed by atoms with Crippen molar-refractivity contribution in [1.82, 2.24) is 15.7 Å². The third-order valence-corrected chi connectivity index (χ3v) is 5.79. The van der Waals surface area contributed by atoms with E-state index in [0.717, 1.165) is 16.7 Å². The van der Waals surface area contributed by atoms with Crippen LogP contribution in [0.15, 0.2) is 22.3 Å². The minimum absolute atomic E-state index is 0.351. The number of rotatable bonds is 1. The van der Waals surface area contributed by atoms with Crippen molar-refractivity contribution < 1.29 is 9.63 Å². The molecule has 0 aromatic rings. The normalized spacial score (nSPS) is 41.1. The van der Waals surface area contributed by atoms with E-state index in [-0.39, 0.29) is 5.66 Å². The maximum absolute atomic E-state index is 11.8. The van der Waals surface area contributed by atoms with Gasteiger partial charge in [-0.05, 0) is 40.8 Å². The summed E-state index contributed by atoms with van der Waals surface area (Å²) in [6.07, 6.45) is 3.85. The molecule has 0 saturated carbocycles. The molecule has 2 heterocycles. The Bertz CT molecular complexity index is 533. The van der Waals surface area contributed by atoms with Crippen LogP contribution in [0.4, 0.5) is 4.79 Å². The van der Waals surface area contributed by atoms with Gasteiger partial charge in [0.25, 0.3) is 0 Å². The van der Waals surface area contributed by atoms with Crippen molar-refractivity contribution in [2.45, 2.75) is 26.4 Å². The van der Waals surface area contributed by atoms with Gasteiger partial charge < -0.3 is 10.2 Å². The van der Waals surface area contributed by atoms with E-state index in [9.17, 15) is 4.79 Å². The molecule has 0 aromatic carbocycles. The van der Waals surface area contributed by atoms with Gasteiger partial charge in [-0.1, -0.05) is 19.9 Å². The molecule has 0 bridgehead atoms. The van der Waals surface area contributed by atoms with Crippen LogP contribution in [0.25, 0.3) is 0 Å². The summed E-state index contributed by atoms with van der Waals surface area (Å²) in [4.78, 5) is 17.4. The highest BCUT2D eigenvalue weighted by atomic mass is 79.9. The van der Waals surface area contributed by atoms with Crippen LogP contribution in [-0.2, 0) is 4.84 Å². The van der Waals surface area contributed by atoms with Gasteiger partial charge in [0.15, 0.2) is 0 Å². The fourth-order valence-electron chi connectivity index (χ4n) is 4.18. The monoisotopic (exact) mass is 355 g/mol. The fourth-order valence-corrected chi connectivity index (χ4v) is 4.76. The number of fused-ring (bicyclic) bond motifs is 3. The van der Waals surface area contributed by atoms with Gasteiger partial charge in [-0.3, -0.25) is 5.32 Å². The number of hydrogen-bond acceptors (Lipinski definition) is 4. The second kappa shape index (κ2) is 5.02. The maximum Gasteiger partial charge on any atom is 0.431 e. The maximum atomic E-state index is 11.8. The second-order valence-electron chi connectivity index (χ2n) is 6.43. The molecule has 5 nitrogen and oxygen atoms in total. The number of nitrogens with zero attached hydrogens (tertiary/aromatic N) is 1. The van der Waals surface area contributed by atoms with E-state index in [1.807, 2.05) is 0 Å². The molecule has 2 fully saturated rings. The predicted octanol–water partition coefficient (Wildman–Crippen LogP) is 2.57. The van der Waals surface area contributed by atoms with Gasteiger partial charge in [0.05, 0.1) is 5.70 Å². The first-order valence-electron chi connectivity index (χ1n) is 7.43. The highest BCUT2D eigenvalue weighted by Gasteiger charge is 2.62. The number of carbonyl (C=O) groups is 1. The van der Waals surface area contributed by atoms with Crippen molar-refractivity contribution >= 4 is 22.0 Å². The minimum Gasteiger partial charge on any atom is -0.323 e. The molecule has 2 saturated heterocycles. The van der Waals surface area contributed by atoms with Crippen LogP contribution < -0.4 is 10.6 Å². The zero-order valence-corrected chi connectivity index (χ0v) is 14.4. The van der Waals surface area contributed by atoms with Crippen molar-refractivity contribution in [3.8, 4) is 0 Å². The molecule has 3 aliphatic rings. The molecule has 21 heavy (non-hydrogen) atoms. The molecule has 116 valence electrons.